The summed E-state index contributed by atoms with van der Waals surface area (Å²) in [4.78, 5) is 32.4. The number of aliphatic hydroxyl groups excluding tert-OH is 1. The van der Waals surface area contributed by atoms with Crippen LogP contribution in [0.5, 0.6) is 0 Å². The van der Waals surface area contributed by atoms with E-state index in [0.717, 1.165) is 0 Å². The van der Waals surface area contributed by atoms with Crippen molar-refractivity contribution >= 4 is 7.60 Å². The van der Waals surface area contributed by atoms with Crippen LogP contribution in [0.25, 0.3) is 0 Å². The second-order valence-electron chi connectivity index (χ2n) is 3.77. The smallest absolute Gasteiger partial charge is 0.350 e. The number of aromatic nitrogens is 2. The molecule has 0 unspecified atom stereocenters. The van der Waals surface area contributed by atoms with Crippen LogP contribution in [0.4, 0.5) is 0 Å². The van der Waals surface area contributed by atoms with Gasteiger partial charge in [-0.1, -0.05) is 0 Å². The molecular formula is C9H15N2O6P. The maximum atomic E-state index is 11.5. The highest BCUT2D eigenvalue weighted by Gasteiger charge is 2.18. The Labute approximate surface area is 103 Å². The average molecular weight is 278 g/mol. The maximum absolute atomic E-state index is 11.5. The van der Waals surface area contributed by atoms with E-state index in [4.69, 9.17) is 19.6 Å². The lowest BCUT2D eigenvalue weighted by atomic mass is 10.3. The number of rotatable bonds is 6. The van der Waals surface area contributed by atoms with Gasteiger partial charge in [-0.2, -0.15) is 4.98 Å². The molecule has 3 N–H and O–H groups in total. The molecule has 1 rings (SSSR count). The summed E-state index contributed by atoms with van der Waals surface area (Å²) >= 11 is 0. The van der Waals surface area contributed by atoms with Gasteiger partial charge < -0.3 is 19.6 Å². The summed E-state index contributed by atoms with van der Waals surface area (Å²) in [7, 11) is -4.29. The second kappa shape index (κ2) is 6.21. The Morgan fingerprint density at radius 3 is 2.72 bits per heavy atom. The van der Waals surface area contributed by atoms with Crippen LogP contribution in [0.15, 0.2) is 17.1 Å². The third kappa shape index (κ3) is 5.07. The molecule has 0 aromatic carbocycles. The van der Waals surface area contributed by atoms with Crippen LogP contribution < -0.4 is 5.69 Å². The Kier molecular flexibility index (Phi) is 5.18. The highest BCUT2D eigenvalue weighted by molar-refractivity contribution is 7.51. The first-order valence-corrected chi connectivity index (χ1v) is 6.92. The zero-order valence-corrected chi connectivity index (χ0v) is 10.7. The standard InChI is InChI=1S/C9H15N2O6P/c1-7-2-3-11(9(13)10-7)4-8(5-12)17-6-18(14,15)16/h2-3,8,12H,4-6H2,1H3,(H2,14,15,16)/t8-/m0/s1. The summed E-state index contributed by atoms with van der Waals surface area (Å²) in [5, 5.41) is 9.02. The van der Waals surface area contributed by atoms with Gasteiger partial charge in [-0.15, -0.1) is 0 Å². The summed E-state index contributed by atoms with van der Waals surface area (Å²) in [6.07, 6.45) is -0.194. The van der Waals surface area contributed by atoms with Gasteiger partial charge in [-0.05, 0) is 13.0 Å². The minimum atomic E-state index is -4.29. The first-order chi connectivity index (χ1) is 8.31. The van der Waals surface area contributed by atoms with E-state index in [1.807, 2.05) is 0 Å². The molecule has 0 saturated heterocycles. The van der Waals surface area contributed by atoms with Gasteiger partial charge in [0.25, 0.3) is 0 Å². The third-order valence-corrected chi connectivity index (χ3v) is 2.58. The number of aliphatic hydroxyl groups is 1. The first kappa shape index (κ1) is 15.0. The summed E-state index contributed by atoms with van der Waals surface area (Å²) in [6.45, 7) is 1.18. The minimum absolute atomic E-state index is 0.0252. The second-order valence-corrected chi connectivity index (χ2v) is 5.36. The van der Waals surface area contributed by atoms with Crippen LogP contribution in [-0.4, -0.2) is 43.5 Å². The molecule has 102 valence electrons. The Morgan fingerprint density at radius 1 is 1.56 bits per heavy atom. The van der Waals surface area contributed by atoms with Crippen LogP contribution in [0.2, 0.25) is 0 Å². The molecule has 0 amide bonds. The fourth-order valence-corrected chi connectivity index (χ4v) is 1.64. The van der Waals surface area contributed by atoms with E-state index in [0.29, 0.717) is 5.69 Å². The van der Waals surface area contributed by atoms with Gasteiger partial charge in [0.1, 0.15) is 6.35 Å². The molecule has 8 nitrogen and oxygen atoms in total. The summed E-state index contributed by atoms with van der Waals surface area (Å²) in [6, 6.07) is 1.61. The lowest BCUT2D eigenvalue weighted by molar-refractivity contribution is 0.0188. The molecule has 0 aliphatic carbocycles. The van der Waals surface area contributed by atoms with Crippen molar-refractivity contribution in [3.63, 3.8) is 0 Å². The molecule has 0 radical (unpaired) electrons. The van der Waals surface area contributed by atoms with Crippen LogP contribution in [0, 0.1) is 6.92 Å². The monoisotopic (exact) mass is 278 g/mol. The molecule has 0 saturated carbocycles. The number of aryl methyl sites for hydroxylation is 1. The fourth-order valence-electron chi connectivity index (χ4n) is 1.24. The molecule has 0 spiro atoms. The van der Waals surface area contributed by atoms with Crippen molar-refractivity contribution in [3.05, 3.63) is 28.4 Å². The first-order valence-electron chi connectivity index (χ1n) is 5.13. The molecule has 1 aromatic rings. The van der Waals surface area contributed by atoms with Gasteiger partial charge in [-0.3, -0.25) is 9.13 Å². The highest BCUT2D eigenvalue weighted by atomic mass is 31.2. The van der Waals surface area contributed by atoms with Crippen molar-refractivity contribution in [1.82, 2.24) is 9.55 Å². The van der Waals surface area contributed by atoms with Gasteiger partial charge in [0, 0.05) is 11.9 Å². The Bertz CT molecular complexity index is 496. The lowest BCUT2D eigenvalue weighted by Crippen LogP contribution is -2.32. The fraction of sp³-hybridized carbons (Fsp3) is 0.556. The molecule has 1 aromatic heterocycles. The van der Waals surface area contributed by atoms with Crippen molar-refractivity contribution in [3.8, 4) is 0 Å². The molecule has 0 aliphatic rings. The van der Waals surface area contributed by atoms with Crippen LogP contribution >= 0.6 is 7.60 Å². The third-order valence-electron chi connectivity index (χ3n) is 2.10. The van der Waals surface area contributed by atoms with Crippen LogP contribution in [-0.2, 0) is 15.8 Å². The number of ether oxygens (including phenoxy) is 1. The predicted molar refractivity (Wildman–Crippen MR) is 62.1 cm³/mol. The van der Waals surface area contributed by atoms with E-state index in [1.165, 1.54) is 10.8 Å². The van der Waals surface area contributed by atoms with Gasteiger partial charge in [0.15, 0.2) is 0 Å². The number of hydrogen-bond donors (Lipinski definition) is 3. The SMILES string of the molecule is Cc1ccn(C[C@@H](CO)OCP(=O)(O)O)c(=O)n1. The Hall–Kier alpha value is -1.05. The quantitative estimate of drug-likeness (QED) is 0.574. The zero-order valence-electron chi connectivity index (χ0n) is 9.76. The normalized spacial score (nSPS) is 13.6. The summed E-state index contributed by atoms with van der Waals surface area (Å²) in [5.41, 5.74) is 0.0566. The van der Waals surface area contributed by atoms with Crippen molar-refractivity contribution in [1.29, 1.82) is 0 Å². The molecule has 1 atom stereocenters. The van der Waals surface area contributed by atoms with E-state index in [-0.39, 0.29) is 6.54 Å². The highest BCUT2D eigenvalue weighted by Crippen LogP contribution is 2.34. The van der Waals surface area contributed by atoms with Crippen molar-refractivity contribution < 1.29 is 24.2 Å². The number of nitrogens with zero attached hydrogens (tertiary/aromatic N) is 2. The zero-order chi connectivity index (χ0) is 13.8. The Balaban J connectivity index is 2.68. The van der Waals surface area contributed by atoms with E-state index in [2.05, 4.69) is 4.98 Å². The van der Waals surface area contributed by atoms with Crippen molar-refractivity contribution in [2.45, 2.75) is 19.6 Å². The molecule has 1 heterocycles. The van der Waals surface area contributed by atoms with Crippen LogP contribution in [0.3, 0.4) is 0 Å². The van der Waals surface area contributed by atoms with Crippen molar-refractivity contribution in [2.24, 2.45) is 0 Å². The maximum Gasteiger partial charge on any atom is 0.350 e. The van der Waals surface area contributed by atoms with E-state index >= 15 is 0 Å². The lowest BCUT2D eigenvalue weighted by Gasteiger charge is -2.16. The van der Waals surface area contributed by atoms with E-state index < -0.39 is 32.3 Å². The van der Waals surface area contributed by atoms with E-state index in [1.54, 1.807) is 13.0 Å². The molecular weight excluding hydrogens is 263 g/mol. The molecule has 18 heavy (non-hydrogen) atoms. The number of hydrogen-bond acceptors (Lipinski definition) is 5. The minimum Gasteiger partial charge on any atom is -0.394 e. The summed E-state index contributed by atoms with van der Waals surface area (Å²) < 4.78 is 16.7. The van der Waals surface area contributed by atoms with Crippen molar-refractivity contribution in [2.75, 3.05) is 13.0 Å². The van der Waals surface area contributed by atoms with E-state index in [9.17, 15) is 9.36 Å². The largest absolute Gasteiger partial charge is 0.394 e. The predicted octanol–water partition coefficient (Wildman–Crippen LogP) is -0.936. The molecule has 0 aliphatic heterocycles. The average Bonchev–Trinajstić information content (AvgIpc) is 2.25. The van der Waals surface area contributed by atoms with Crippen LogP contribution in [0.1, 0.15) is 5.69 Å². The van der Waals surface area contributed by atoms with Gasteiger partial charge in [0.05, 0.1) is 19.3 Å². The molecule has 0 bridgehead atoms. The molecule has 0 fully saturated rings. The Morgan fingerprint density at radius 2 is 2.22 bits per heavy atom. The summed E-state index contributed by atoms with van der Waals surface area (Å²) in [5.74, 6) is 0. The van der Waals surface area contributed by atoms with Gasteiger partial charge >= 0.3 is 13.3 Å². The van der Waals surface area contributed by atoms with Gasteiger partial charge in [-0.25, -0.2) is 4.79 Å². The van der Waals surface area contributed by atoms with Gasteiger partial charge in [0.2, 0.25) is 0 Å². The molecule has 9 heteroatoms. The topological polar surface area (TPSA) is 122 Å².